The van der Waals surface area contributed by atoms with Crippen LogP contribution in [0, 0.1) is 0 Å². The minimum absolute atomic E-state index is 0.638. The second kappa shape index (κ2) is 16.9. The van der Waals surface area contributed by atoms with Gasteiger partial charge in [-0.15, -0.1) is 0 Å². The summed E-state index contributed by atoms with van der Waals surface area (Å²) in [5.74, 6) is 1.88. The molecule has 2 heterocycles. The Morgan fingerprint density at radius 3 is 2.41 bits per heavy atom. The predicted octanol–water partition coefficient (Wildman–Crippen LogP) is 11.5. The van der Waals surface area contributed by atoms with E-state index in [-0.39, 0.29) is 0 Å². The van der Waals surface area contributed by atoms with Crippen LogP contribution in [0.2, 0.25) is 0 Å². The van der Waals surface area contributed by atoms with Crippen molar-refractivity contribution in [3.8, 4) is 11.4 Å². The number of aliphatic imine (C=N–C) groups is 1. The van der Waals surface area contributed by atoms with E-state index < -0.39 is 0 Å². The summed E-state index contributed by atoms with van der Waals surface area (Å²) in [6.07, 6.45) is 23.8. The van der Waals surface area contributed by atoms with Crippen LogP contribution in [0.5, 0.6) is 0 Å². The first-order chi connectivity index (χ1) is 25.1. The van der Waals surface area contributed by atoms with Gasteiger partial charge in [-0.1, -0.05) is 92.4 Å². The molecule has 2 aromatic heterocycles. The first kappa shape index (κ1) is 34.6. The lowest BCUT2D eigenvalue weighted by Crippen LogP contribution is -2.05. The van der Waals surface area contributed by atoms with Crippen LogP contribution in [0.1, 0.15) is 44.1 Å². The molecule has 1 N–H and O–H groups in total. The molecule has 0 unspecified atom stereocenters. The van der Waals surface area contributed by atoms with Crippen LogP contribution in [0.25, 0.3) is 39.2 Å². The van der Waals surface area contributed by atoms with Gasteiger partial charge >= 0.3 is 0 Å². The van der Waals surface area contributed by atoms with Crippen LogP contribution in [-0.2, 0) is 13.0 Å². The maximum atomic E-state index is 5.20. The fourth-order valence-corrected chi connectivity index (χ4v) is 6.08. The lowest BCUT2D eigenvalue weighted by Gasteiger charge is -2.13. The zero-order chi connectivity index (χ0) is 35.4. The molecule has 6 nitrogen and oxygen atoms in total. The lowest BCUT2D eigenvalue weighted by molar-refractivity contribution is 0.779. The Bertz CT molecular complexity index is 2320. The Labute approximate surface area is 300 Å². The fourth-order valence-electron chi connectivity index (χ4n) is 6.08. The van der Waals surface area contributed by atoms with Crippen molar-refractivity contribution in [3.63, 3.8) is 0 Å². The van der Waals surface area contributed by atoms with E-state index in [1.54, 1.807) is 6.08 Å². The van der Waals surface area contributed by atoms with Gasteiger partial charge in [-0.2, -0.15) is 0 Å². The zero-order valence-corrected chi connectivity index (χ0v) is 29.6. The molecule has 0 fully saturated rings. The van der Waals surface area contributed by atoms with Crippen molar-refractivity contribution in [1.82, 2.24) is 19.1 Å². The summed E-state index contributed by atoms with van der Waals surface area (Å²) < 4.78 is 4.55. The van der Waals surface area contributed by atoms with Crippen LogP contribution in [0.4, 0.5) is 11.4 Å². The Balaban J connectivity index is 1.50. The van der Waals surface area contributed by atoms with E-state index in [1.165, 1.54) is 0 Å². The van der Waals surface area contributed by atoms with Crippen LogP contribution >= 0.6 is 0 Å². The van der Waals surface area contributed by atoms with Gasteiger partial charge in [-0.3, -0.25) is 9.56 Å². The number of para-hydroxylation sites is 6. The molecular weight excluding hydrogens is 625 g/mol. The largest absolute Gasteiger partial charge is 0.360 e. The highest BCUT2D eigenvalue weighted by atomic mass is 15.1. The Kier molecular flexibility index (Phi) is 11.5. The average molecular weight is 669 g/mol. The molecule has 51 heavy (non-hydrogen) atoms. The first-order valence-electron chi connectivity index (χ1n) is 17.4. The molecule has 0 radical (unpaired) electrons. The van der Waals surface area contributed by atoms with Gasteiger partial charge in [0.1, 0.15) is 11.6 Å². The fraction of sp³-hybridized carbons (Fsp3) is 0.133. The van der Waals surface area contributed by atoms with Crippen LogP contribution < -0.4 is 5.32 Å². The number of nitrogens with one attached hydrogen (secondary N) is 1. The Morgan fingerprint density at radius 1 is 0.843 bits per heavy atom. The van der Waals surface area contributed by atoms with E-state index in [9.17, 15) is 0 Å². The molecule has 0 amide bonds. The highest BCUT2D eigenvalue weighted by molar-refractivity contribution is 5.89. The second-order valence-corrected chi connectivity index (χ2v) is 12.1. The quantitative estimate of drug-likeness (QED) is 0.0928. The molecule has 0 atom stereocenters. The predicted molar refractivity (Wildman–Crippen MR) is 218 cm³/mol. The minimum Gasteiger partial charge on any atom is -0.360 e. The van der Waals surface area contributed by atoms with E-state index in [1.807, 2.05) is 67.9 Å². The minimum atomic E-state index is 0.638. The van der Waals surface area contributed by atoms with Gasteiger partial charge in [0.15, 0.2) is 0 Å². The third-order valence-electron chi connectivity index (χ3n) is 8.45. The van der Waals surface area contributed by atoms with E-state index >= 15 is 0 Å². The number of anilines is 1. The van der Waals surface area contributed by atoms with Crippen molar-refractivity contribution in [2.45, 2.75) is 40.2 Å². The number of hydrogen-bond donors (Lipinski definition) is 1. The molecule has 0 aliphatic rings. The molecule has 0 spiro atoms. The molecule has 4 aromatic carbocycles. The molecule has 6 rings (SSSR count). The molecule has 0 aliphatic carbocycles. The van der Waals surface area contributed by atoms with Crippen molar-refractivity contribution in [2.24, 2.45) is 4.99 Å². The van der Waals surface area contributed by atoms with Gasteiger partial charge in [0.25, 0.3) is 0 Å². The number of hydrogen-bond acceptors (Lipinski definition) is 4. The lowest BCUT2D eigenvalue weighted by atomic mass is 10.0. The van der Waals surface area contributed by atoms with Gasteiger partial charge in [0.05, 0.1) is 33.4 Å². The molecule has 254 valence electrons. The van der Waals surface area contributed by atoms with Gasteiger partial charge in [0, 0.05) is 36.6 Å². The maximum absolute atomic E-state index is 5.20. The maximum Gasteiger partial charge on any atom is 0.145 e. The third kappa shape index (κ3) is 8.31. The summed E-state index contributed by atoms with van der Waals surface area (Å²) in [5.41, 5.74) is 10.0. The average Bonchev–Trinajstić information content (AvgIpc) is 3.71. The number of rotatable bonds is 14. The highest BCUT2D eigenvalue weighted by Crippen LogP contribution is 2.31. The summed E-state index contributed by atoms with van der Waals surface area (Å²) in [6, 6.07) is 31.3. The number of aromatic nitrogens is 4. The topological polar surface area (TPSA) is 60.0 Å². The molecule has 0 saturated heterocycles. The first-order valence-corrected chi connectivity index (χ1v) is 17.4. The number of allylic oxidation sites excluding steroid dienone is 10. The van der Waals surface area contributed by atoms with Gasteiger partial charge < -0.3 is 9.88 Å². The number of benzene rings is 4. The van der Waals surface area contributed by atoms with Crippen molar-refractivity contribution in [3.05, 3.63) is 175 Å². The number of imidazole rings is 2. The van der Waals surface area contributed by atoms with Crippen molar-refractivity contribution >= 4 is 45.4 Å². The third-order valence-corrected chi connectivity index (χ3v) is 8.45. The van der Waals surface area contributed by atoms with E-state index in [0.717, 1.165) is 80.4 Å². The standard InChI is InChI=1S/C45H44N6/c1-5-8-11-19-28-50-42-25-17-15-23-40(42)48-44(50)32-35-29-36(33-47-39-22-14-13-21-38(39)46-27-10-7-3)31-37(30-35)45-49-41-24-16-18-26-43(41)51(45)34(4)20-12-9-6-2/h5,7-27,29-31,33,46H,3,6,28,32H2,1-2,4H3/b8-5-,12-9-,19-11-,27-10+,34-20+,47-33?. The number of fused-ring (bicyclic) bond motifs is 2. The molecule has 0 aliphatic heterocycles. The summed E-state index contributed by atoms with van der Waals surface area (Å²) in [7, 11) is 0. The van der Waals surface area contributed by atoms with Crippen LogP contribution in [0.15, 0.2) is 163 Å². The van der Waals surface area contributed by atoms with Gasteiger partial charge in [-0.05, 0) is 98.1 Å². The Hall–Kier alpha value is -6.27. The van der Waals surface area contributed by atoms with E-state index in [2.05, 4.69) is 126 Å². The monoisotopic (exact) mass is 668 g/mol. The number of nitrogens with zero attached hydrogens (tertiary/aromatic N) is 5. The van der Waals surface area contributed by atoms with Crippen molar-refractivity contribution in [1.29, 1.82) is 0 Å². The summed E-state index contributed by atoms with van der Waals surface area (Å²) in [4.78, 5) is 15.3. The molecular formula is C45H44N6. The second-order valence-electron chi connectivity index (χ2n) is 12.1. The normalized spacial score (nSPS) is 12.6. The summed E-state index contributed by atoms with van der Waals surface area (Å²) >= 11 is 0. The highest BCUT2D eigenvalue weighted by Gasteiger charge is 2.17. The van der Waals surface area contributed by atoms with Gasteiger partial charge in [0.2, 0.25) is 0 Å². The van der Waals surface area contributed by atoms with Crippen LogP contribution in [-0.4, -0.2) is 25.3 Å². The van der Waals surface area contributed by atoms with E-state index in [4.69, 9.17) is 15.0 Å². The van der Waals surface area contributed by atoms with Crippen LogP contribution in [0.3, 0.4) is 0 Å². The van der Waals surface area contributed by atoms with Crippen molar-refractivity contribution < 1.29 is 0 Å². The zero-order valence-electron chi connectivity index (χ0n) is 29.6. The van der Waals surface area contributed by atoms with Gasteiger partial charge in [-0.25, -0.2) is 9.97 Å². The molecule has 6 aromatic rings. The molecule has 0 saturated carbocycles. The molecule has 6 heteroatoms. The summed E-state index contributed by atoms with van der Waals surface area (Å²) in [5, 5.41) is 3.32. The Morgan fingerprint density at radius 2 is 1.61 bits per heavy atom. The van der Waals surface area contributed by atoms with E-state index in [0.29, 0.717) is 6.42 Å². The molecule has 0 bridgehead atoms. The van der Waals surface area contributed by atoms with Crippen molar-refractivity contribution in [2.75, 3.05) is 5.32 Å². The smallest absolute Gasteiger partial charge is 0.145 e. The SMILES string of the molecule is C=C/C=C/Nc1ccccc1N=Cc1cc(Cc2nc3ccccc3n2C/C=C\C=C/C)cc(-c2nc3ccccc3n2/C(C)=C/C=C\CC)c1. The summed E-state index contributed by atoms with van der Waals surface area (Å²) in [6.45, 7) is 10.8.